The molecular formula is C12H13IN2O. The van der Waals surface area contributed by atoms with E-state index in [-0.39, 0.29) is 11.8 Å². The van der Waals surface area contributed by atoms with Crippen LogP contribution in [0.25, 0.3) is 0 Å². The van der Waals surface area contributed by atoms with Gasteiger partial charge in [0.05, 0.1) is 0 Å². The highest BCUT2D eigenvalue weighted by Crippen LogP contribution is 2.22. The van der Waals surface area contributed by atoms with E-state index in [9.17, 15) is 4.79 Å². The van der Waals surface area contributed by atoms with Gasteiger partial charge in [-0.3, -0.25) is 4.79 Å². The third-order valence-corrected chi connectivity index (χ3v) is 3.93. The van der Waals surface area contributed by atoms with Crippen LogP contribution in [0.4, 0.5) is 5.82 Å². The molecule has 0 radical (unpaired) electrons. The summed E-state index contributed by atoms with van der Waals surface area (Å²) in [5.74, 6) is 0.838. The molecule has 1 N–H and O–H groups in total. The van der Waals surface area contributed by atoms with Crippen molar-refractivity contribution in [3.8, 4) is 0 Å². The summed E-state index contributed by atoms with van der Waals surface area (Å²) in [5, 5.41) is 2.90. The molecule has 2 rings (SSSR count). The van der Waals surface area contributed by atoms with Gasteiger partial charge in [-0.2, -0.15) is 0 Å². The van der Waals surface area contributed by atoms with E-state index in [4.69, 9.17) is 0 Å². The highest BCUT2D eigenvalue weighted by atomic mass is 127. The van der Waals surface area contributed by atoms with Crippen molar-refractivity contribution in [1.29, 1.82) is 0 Å². The Morgan fingerprint density at radius 3 is 2.88 bits per heavy atom. The number of pyridine rings is 1. The minimum absolute atomic E-state index is 0.0719. The summed E-state index contributed by atoms with van der Waals surface area (Å²) < 4.78 is 1.12. The second kappa shape index (κ2) is 4.95. The number of nitrogens with one attached hydrogen (secondary N) is 1. The second-order valence-electron chi connectivity index (χ2n) is 3.90. The van der Waals surface area contributed by atoms with Gasteiger partial charge in [-0.05, 0) is 48.4 Å². The monoisotopic (exact) mass is 328 g/mol. The van der Waals surface area contributed by atoms with E-state index in [1.807, 2.05) is 13.0 Å². The molecule has 4 heteroatoms. The predicted octanol–water partition coefficient (Wildman–Crippen LogP) is 2.90. The smallest absolute Gasteiger partial charge is 0.229 e. The first-order valence-corrected chi connectivity index (χ1v) is 6.33. The van der Waals surface area contributed by atoms with Crippen LogP contribution in [0, 0.1) is 16.4 Å². The first kappa shape index (κ1) is 11.6. The summed E-state index contributed by atoms with van der Waals surface area (Å²) in [7, 11) is 0. The molecule has 0 fully saturated rings. The van der Waals surface area contributed by atoms with Crippen molar-refractivity contribution in [2.45, 2.75) is 19.8 Å². The van der Waals surface area contributed by atoms with Gasteiger partial charge in [-0.1, -0.05) is 12.2 Å². The van der Waals surface area contributed by atoms with Crippen LogP contribution >= 0.6 is 22.6 Å². The van der Waals surface area contributed by atoms with Crippen LogP contribution in [0.3, 0.4) is 0 Å². The number of aromatic nitrogens is 1. The highest BCUT2D eigenvalue weighted by molar-refractivity contribution is 14.1. The Balaban J connectivity index is 2.09. The normalized spacial score (nSPS) is 15.4. The summed E-state index contributed by atoms with van der Waals surface area (Å²) in [6, 6.07) is 1.93. The Morgan fingerprint density at radius 1 is 1.50 bits per heavy atom. The van der Waals surface area contributed by atoms with E-state index in [2.05, 4.69) is 45.0 Å². The van der Waals surface area contributed by atoms with E-state index in [1.54, 1.807) is 6.20 Å². The maximum atomic E-state index is 11.9. The van der Waals surface area contributed by atoms with Crippen molar-refractivity contribution < 1.29 is 4.79 Å². The van der Waals surface area contributed by atoms with Gasteiger partial charge in [0.1, 0.15) is 5.82 Å². The van der Waals surface area contributed by atoms with E-state index in [0.717, 1.165) is 22.0 Å². The zero-order valence-corrected chi connectivity index (χ0v) is 11.2. The molecule has 1 amide bonds. The lowest BCUT2D eigenvalue weighted by Crippen LogP contribution is -2.21. The van der Waals surface area contributed by atoms with Gasteiger partial charge < -0.3 is 5.32 Å². The molecule has 0 unspecified atom stereocenters. The van der Waals surface area contributed by atoms with E-state index in [1.165, 1.54) is 0 Å². The van der Waals surface area contributed by atoms with E-state index >= 15 is 0 Å². The van der Waals surface area contributed by atoms with Crippen LogP contribution in [0.5, 0.6) is 0 Å². The largest absolute Gasteiger partial charge is 0.310 e. The number of allylic oxidation sites excluding steroid dienone is 2. The van der Waals surface area contributed by atoms with Crippen molar-refractivity contribution >= 4 is 34.3 Å². The minimum atomic E-state index is 0.0719. The first-order chi connectivity index (χ1) is 7.68. The van der Waals surface area contributed by atoms with Gasteiger partial charge in [0.2, 0.25) is 5.91 Å². The molecule has 0 atom stereocenters. The lowest BCUT2D eigenvalue weighted by molar-refractivity contribution is -0.119. The van der Waals surface area contributed by atoms with Crippen molar-refractivity contribution in [2.75, 3.05) is 5.32 Å². The lowest BCUT2D eigenvalue weighted by atomic mass is 10.1. The van der Waals surface area contributed by atoms with Crippen LogP contribution in [0.2, 0.25) is 0 Å². The van der Waals surface area contributed by atoms with Gasteiger partial charge >= 0.3 is 0 Å². The molecule has 0 bridgehead atoms. The van der Waals surface area contributed by atoms with E-state index < -0.39 is 0 Å². The van der Waals surface area contributed by atoms with Crippen LogP contribution in [0.1, 0.15) is 18.4 Å². The quantitative estimate of drug-likeness (QED) is 0.670. The number of anilines is 1. The van der Waals surface area contributed by atoms with Gasteiger partial charge in [-0.15, -0.1) is 0 Å². The number of rotatable bonds is 2. The van der Waals surface area contributed by atoms with Gasteiger partial charge in [0, 0.05) is 21.2 Å². The number of halogens is 1. The molecular weight excluding hydrogens is 315 g/mol. The first-order valence-electron chi connectivity index (χ1n) is 5.25. The molecule has 3 nitrogen and oxygen atoms in total. The molecule has 1 aliphatic carbocycles. The Kier molecular flexibility index (Phi) is 3.58. The number of hydrogen-bond donors (Lipinski definition) is 1. The standard InChI is InChI=1S/C12H13IN2O/c1-8-10(13)6-7-14-11(8)15-12(16)9-4-2-3-5-9/h2-3,6-7,9H,4-5H2,1H3,(H,14,15,16). The molecule has 1 aromatic rings. The summed E-state index contributed by atoms with van der Waals surface area (Å²) in [4.78, 5) is 16.1. The van der Waals surface area contributed by atoms with Crippen LogP contribution in [-0.4, -0.2) is 10.9 Å². The minimum Gasteiger partial charge on any atom is -0.310 e. The predicted molar refractivity (Wildman–Crippen MR) is 72.2 cm³/mol. The van der Waals surface area contributed by atoms with E-state index in [0.29, 0.717) is 5.82 Å². The fourth-order valence-corrected chi connectivity index (χ4v) is 2.10. The van der Waals surface area contributed by atoms with Gasteiger partial charge in [-0.25, -0.2) is 4.98 Å². The van der Waals surface area contributed by atoms with Crippen LogP contribution in [-0.2, 0) is 4.79 Å². The molecule has 0 aliphatic heterocycles. The third kappa shape index (κ3) is 2.42. The molecule has 0 saturated heterocycles. The topological polar surface area (TPSA) is 42.0 Å². The second-order valence-corrected chi connectivity index (χ2v) is 5.06. The van der Waals surface area contributed by atoms with Crippen molar-refractivity contribution in [3.63, 3.8) is 0 Å². The SMILES string of the molecule is Cc1c(I)ccnc1NC(=O)C1CC=CC1. The van der Waals surface area contributed by atoms with Crippen LogP contribution < -0.4 is 5.32 Å². The average Bonchev–Trinajstić information content (AvgIpc) is 2.78. The molecule has 84 valence electrons. The molecule has 0 spiro atoms. The molecule has 0 saturated carbocycles. The van der Waals surface area contributed by atoms with Crippen molar-refractivity contribution in [3.05, 3.63) is 33.5 Å². The van der Waals surface area contributed by atoms with Gasteiger partial charge in [0.25, 0.3) is 0 Å². The van der Waals surface area contributed by atoms with Crippen molar-refractivity contribution in [2.24, 2.45) is 5.92 Å². The molecule has 1 aliphatic rings. The number of nitrogens with zero attached hydrogens (tertiary/aromatic N) is 1. The molecule has 1 aromatic heterocycles. The fraction of sp³-hybridized carbons (Fsp3) is 0.333. The number of hydrogen-bond acceptors (Lipinski definition) is 2. The lowest BCUT2D eigenvalue weighted by Gasteiger charge is -2.12. The number of amides is 1. The fourth-order valence-electron chi connectivity index (χ4n) is 1.69. The summed E-state index contributed by atoms with van der Waals surface area (Å²) in [6.45, 7) is 1.97. The van der Waals surface area contributed by atoms with Crippen molar-refractivity contribution in [1.82, 2.24) is 4.98 Å². The summed E-state index contributed by atoms with van der Waals surface area (Å²) in [5.41, 5.74) is 1.03. The van der Waals surface area contributed by atoms with Crippen LogP contribution in [0.15, 0.2) is 24.4 Å². The molecule has 1 heterocycles. The Morgan fingerprint density at radius 2 is 2.19 bits per heavy atom. The third-order valence-electron chi connectivity index (χ3n) is 2.76. The Labute approximate surface area is 108 Å². The zero-order chi connectivity index (χ0) is 11.5. The highest BCUT2D eigenvalue weighted by Gasteiger charge is 2.20. The summed E-state index contributed by atoms with van der Waals surface area (Å²) >= 11 is 2.24. The average molecular weight is 328 g/mol. The Bertz CT molecular complexity index is 435. The number of carbonyl (C=O) groups is 1. The number of carbonyl (C=O) groups excluding carboxylic acids is 1. The maximum Gasteiger partial charge on any atom is 0.229 e. The molecule has 16 heavy (non-hydrogen) atoms. The van der Waals surface area contributed by atoms with Gasteiger partial charge in [0.15, 0.2) is 0 Å². The Hall–Kier alpha value is -0.910. The zero-order valence-electron chi connectivity index (χ0n) is 9.03. The summed E-state index contributed by atoms with van der Waals surface area (Å²) in [6.07, 6.45) is 7.51. The molecule has 0 aromatic carbocycles. The maximum absolute atomic E-state index is 11.9.